The Morgan fingerprint density at radius 2 is 2.03 bits per heavy atom. The van der Waals surface area contributed by atoms with Gasteiger partial charge >= 0.3 is 6.03 Å². The van der Waals surface area contributed by atoms with E-state index in [1.165, 1.54) is 17.2 Å². The topological polar surface area (TPSA) is 118 Å². The Kier molecular flexibility index (Phi) is 5.07. The fourth-order valence-electron chi connectivity index (χ4n) is 4.69. The number of hydrogen-bond donors (Lipinski definition) is 3. The number of amides is 2. The summed E-state index contributed by atoms with van der Waals surface area (Å²) in [5.74, 6) is 0.850. The predicted octanol–water partition coefficient (Wildman–Crippen LogP) is 4.29. The van der Waals surface area contributed by atoms with Gasteiger partial charge in [0.1, 0.15) is 5.76 Å². The highest BCUT2D eigenvalue weighted by molar-refractivity contribution is 7.91. The Hall–Kier alpha value is -2.16. The summed E-state index contributed by atoms with van der Waals surface area (Å²) in [7, 11) is -3.60. The molecule has 8 heteroatoms. The van der Waals surface area contributed by atoms with Crippen LogP contribution in [0.25, 0.3) is 0 Å². The summed E-state index contributed by atoms with van der Waals surface area (Å²) in [5.41, 5.74) is 4.98. The maximum atomic E-state index is 13.0. The van der Waals surface area contributed by atoms with Crippen molar-refractivity contribution in [1.82, 2.24) is 0 Å². The summed E-state index contributed by atoms with van der Waals surface area (Å²) in [5, 5.41) is 18.9. The van der Waals surface area contributed by atoms with E-state index in [0.717, 1.165) is 48.9 Å². The van der Waals surface area contributed by atoms with Gasteiger partial charge in [0.2, 0.25) is 5.09 Å². The minimum Gasteiger partial charge on any atom is -0.450 e. The van der Waals surface area contributed by atoms with Crippen LogP contribution in [0.2, 0.25) is 0 Å². The molecule has 2 aromatic rings. The number of carbonyl (C=O) groups excluding carboxylic acids is 1. The zero-order valence-electron chi connectivity index (χ0n) is 17.9. The number of aliphatic hydroxyl groups is 1. The fourth-order valence-corrected chi connectivity index (χ4v) is 5.61. The Morgan fingerprint density at radius 3 is 2.70 bits per heavy atom. The molecule has 0 fully saturated rings. The van der Waals surface area contributed by atoms with Crippen molar-refractivity contribution >= 4 is 21.6 Å². The minimum atomic E-state index is -3.60. The number of fused-ring (bicyclic) bond motifs is 2. The van der Waals surface area contributed by atoms with Gasteiger partial charge in [-0.15, -0.1) is 4.36 Å². The SMILES string of the molecule is Cc1oc([S@](N)(=O)=NC(=O)Nc2c3c(cc4c2CC[C@@H]4C)CCC3)cc1C(C)(C)O. The molecule has 0 unspecified atom stereocenters. The van der Waals surface area contributed by atoms with Crippen LogP contribution in [0, 0.1) is 6.92 Å². The number of hydrogen-bond acceptors (Lipinski definition) is 4. The Balaban J connectivity index is 1.68. The molecule has 0 aliphatic heterocycles. The van der Waals surface area contributed by atoms with Crippen LogP contribution in [0.4, 0.5) is 10.5 Å². The summed E-state index contributed by atoms with van der Waals surface area (Å²) in [4.78, 5) is 12.7. The molecule has 1 aromatic carbocycles. The highest BCUT2D eigenvalue weighted by Crippen LogP contribution is 2.43. The molecule has 0 radical (unpaired) electrons. The minimum absolute atomic E-state index is 0.121. The van der Waals surface area contributed by atoms with E-state index in [1.807, 2.05) is 0 Å². The highest BCUT2D eigenvalue weighted by atomic mass is 32.2. The van der Waals surface area contributed by atoms with Crippen LogP contribution in [-0.2, 0) is 34.8 Å². The van der Waals surface area contributed by atoms with Crippen molar-refractivity contribution in [2.75, 3.05) is 5.32 Å². The first kappa shape index (κ1) is 21.1. The van der Waals surface area contributed by atoms with E-state index in [0.29, 0.717) is 17.2 Å². The number of aryl methyl sites for hydroxylation is 2. The number of urea groups is 1. The molecule has 0 bridgehead atoms. The molecule has 30 heavy (non-hydrogen) atoms. The molecule has 0 saturated heterocycles. The van der Waals surface area contributed by atoms with E-state index in [1.54, 1.807) is 20.8 Å². The average Bonchev–Trinajstić information content (AvgIpc) is 3.33. The van der Waals surface area contributed by atoms with Gasteiger partial charge in [0.15, 0.2) is 9.92 Å². The van der Waals surface area contributed by atoms with Crippen LogP contribution in [0.5, 0.6) is 0 Å². The molecule has 2 atom stereocenters. The van der Waals surface area contributed by atoms with Gasteiger partial charge in [0.05, 0.1) is 5.60 Å². The first-order chi connectivity index (χ1) is 14.0. The molecular weight excluding hydrogens is 402 g/mol. The maximum Gasteiger partial charge on any atom is 0.354 e. The number of rotatable bonds is 3. The van der Waals surface area contributed by atoms with Crippen molar-refractivity contribution in [2.24, 2.45) is 9.50 Å². The molecule has 1 aromatic heterocycles. The number of anilines is 1. The van der Waals surface area contributed by atoms with Crippen molar-refractivity contribution in [3.63, 3.8) is 0 Å². The molecule has 162 valence electrons. The van der Waals surface area contributed by atoms with Gasteiger partial charge in [0.25, 0.3) is 0 Å². The smallest absolute Gasteiger partial charge is 0.354 e. The summed E-state index contributed by atoms with van der Waals surface area (Å²) >= 11 is 0. The number of nitrogens with zero attached hydrogens (tertiary/aromatic N) is 1. The largest absolute Gasteiger partial charge is 0.450 e. The molecule has 4 N–H and O–H groups in total. The molecule has 1 heterocycles. The molecule has 2 aliphatic carbocycles. The van der Waals surface area contributed by atoms with E-state index >= 15 is 0 Å². The average molecular weight is 432 g/mol. The summed E-state index contributed by atoms with van der Waals surface area (Å²) in [6, 6.07) is 2.95. The van der Waals surface area contributed by atoms with Crippen molar-refractivity contribution in [3.05, 3.63) is 45.7 Å². The molecular formula is C22H29N3O4S. The quantitative estimate of drug-likeness (QED) is 0.672. The third kappa shape index (κ3) is 3.68. The van der Waals surface area contributed by atoms with E-state index < -0.39 is 21.5 Å². The fraction of sp³-hybridized carbons (Fsp3) is 0.500. The lowest BCUT2D eigenvalue weighted by Gasteiger charge is -2.16. The van der Waals surface area contributed by atoms with Crippen LogP contribution in [-0.4, -0.2) is 15.3 Å². The van der Waals surface area contributed by atoms with E-state index in [-0.39, 0.29) is 5.09 Å². The zero-order valence-corrected chi connectivity index (χ0v) is 18.7. The standard InChI is InChI=1S/C22H29N3O4S/c1-12-8-9-16-17(12)10-14-6-5-7-15(14)20(16)24-21(26)25-30(23,28)19-11-18(13(2)29-19)22(3,4)27/h10-12,27H,5-9H2,1-4H3,(H3,23,24,25,26,28)/t12-,30+/m0/s1. The lowest BCUT2D eigenvalue weighted by molar-refractivity contribution is 0.0769. The lowest BCUT2D eigenvalue weighted by atomic mass is 9.96. The van der Waals surface area contributed by atoms with Gasteiger partial charge in [-0.05, 0) is 81.0 Å². The van der Waals surface area contributed by atoms with Crippen molar-refractivity contribution in [2.45, 2.75) is 76.4 Å². The number of carbonyl (C=O) groups is 1. The third-order valence-electron chi connectivity index (χ3n) is 6.19. The van der Waals surface area contributed by atoms with Crippen LogP contribution in [0.3, 0.4) is 0 Å². The van der Waals surface area contributed by atoms with Crippen molar-refractivity contribution in [1.29, 1.82) is 0 Å². The van der Waals surface area contributed by atoms with Crippen LogP contribution < -0.4 is 10.5 Å². The van der Waals surface area contributed by atoms with E-state index in [4.69, 9.17) is 9.56 Å². The first-order valence-electron chi connectivity index (χ1n) is 10.3. The molecule has 2 amide bonds. The van der Waals surface area contributed by atoms with Crippen molar-refractivity contribution < 1.29 is 18.5 Å². The number of nitrogens with one attached hydrogen (secondary N) is 1. The lowest BCUT2D eigenvalue weighted by Crippen LogP contribution is -2.19. The number of benzene rings is 1. The summed E-state index contributed by atoms with van der Waals surface area (Å²) in [6.07, 6.45) is 4.94. The van der Waals surface area contributed by atoms with Gasteiger partial charge in [-0.2, -0.15) is 0 Å². The van der Waals surface area contributed by atoms with Crippen molar-refractivity contribution in [3.8, 4) is 0 Å². The van der Waals surface area contributed by atoms with Gasteiger partial charge in [-0.1, -0.05) is 13.0 Å². The molecule has 0 spiro atoms. The Bertz CT molecular complexity index is 1150. The summed E-state index contributed by atoms with van der Waals surface area (Å²) < 4.78 is 22.2. The second kappa shape index (κ2) is 7.21. The number of furan rings is 1. The van der Waals surface area contributed by atoms with Gasteiger partial charge in [-0.3, -0.25) is 0 Å². The summed E-state index contributed by atoms with van der Waals surface area (Å²) in [6.45, 7) is 7.03. The Labute approximate surface area is 177 Å². The van der Waals surface area contributed by atoms with Crippen LogP contribution in [0.15, 0.2) is 26.0 Å². The van der Waals surface area contributed by atoms with E-state index in [2.05, 4.69) is 22.7 Å². The maximum absolute atomic E-state index is 13.0. The van der Waals surface area contributed by atoms with E-state index in [9.17, 15) is 14.1 Å². The molecule has 0 saturated carbocycles. The predicted molar refractivity (Wildman–Crippen MR) is 116 cm³/mol. The molecule has 4 rings (SSSR count). The zero-order chi connectivity index (χ0) is 21.8. The molecule has 7 nitrogen and oxygen atoms in total. The Morgan fingerprint density at radius 1 is 1.30 bits per heavy atom. The van der Waals surface area contributed by atoms with Crippen LogP contribution >= 0.6 is 0 Å². The first-order valence-corrected chi connectivity index (χ1v) is 11.9. The monoisotopic (exact) mass is 431 g/mol. The third-order valence-corrected chi connectivity index (χ3v) is 7.41. The number of nitrogens with two attached hydrogens (primary N) is 1. The molecule has 2 aliphatic rings. The highest BCUT2D eigenvalue weighted by Gasteiger charge is 2.29. The second-order valence-electron chi connectivity index (χ2n) is 8.93. The van der Waals surface area contributed by atoms with Gasteiger partial charge < -0.3 is 14.8 Å². The second-order valence-corrected chi connectivity index (χ2v) is 10.7. The normalized spacial score (nSPS) is 19.9. The van der Waals surface area contributed by atoms with Gasteiger partial charge in [-0.25, -0.2) is 14.1 Å². The van der Waals surface area contributed by atoms with Gasteiger partial charge in [0, 0.05) is 17.3 Å². The van der Waals surface area contributed by atoms with Crippen LogP contribution in [0.1, 0.15) is 73.1 Å².